The highest BCUT2D eigenvalue weighted by Gasteiger charge is 2.42. The van der Waals surface area contributed by atoms with Crippen LogP contribution in [-0.2, 0) is 20.7 Å². The summed E-state index contributed by atoms with van der Waals surface area (Å²) >= 11 is 0. The molecule has 0 bridgehead atoms. The van der Waals surface area contributed by atoms with E-state index in [1.807, 2.05) is 19.1 Å². The summed E-state index contributed by atoms with van der Waals surface area (Å²) in [5, 5.41) is 12.3. The number of hydrogen-bond acceptors (Lipinski definition) is 4. The first-order chi connectivity index (χ1) is 11.1. The number of dihydropyridines is 1. The van der Waals surface area contributed by atoms with E-state index in [0.29, 0.717) is 17.7 Å². The van der Waals surface area contributed by atoms with E-state index in [9.17, 15) is 19.1 Å². The molecule has 1 aromatic carbocycles. The average molecular weight is 317 g/mol. The lowest BCUT2D eigenvalue weighted by Gasteiger charge is -2.28. The number of aryl methyl sites for hydroxylation is 1. The van der Waals surface area contributed by atoms with E-state index in [4.69, 9.17) is 4.74 Å². The molecule has 2 N–H and O–H groups in total. The maximum atomic E-state index is 13.4. The van der Waals surface area contributed by atoms with Gasteiger partial charge in [-0.05, 0) is 17.5 Å². The molecule has 0 saturated carbocycles. The summed E-state index contributed by atoms with van der Waals surface area (Å²) < 4.78 is 18.4. The van der Waals surface area contributed by atoms with Gasteiger partial charge in [-0.3, -0.25) is 0 Å². The number of alkyl halides is 1. The van der Waals surface area contributed by atoms with Crippen LogP contribution >= 0.6 is 0 Å². The van der Waals surface area contributed by atoms with Gasteiger partial charge in [0.2, 0.25) is 0 Å². The molecule has 0 amide bonds. The van der Waals surface area contributed by atoms with Gasteiger partial charge < -0.3 is 15.2 Å². The number of carboxylic acid groups (broad SMARTS) is 1. The van der Waals surface area contributed by atoms with Crippen molar-refractivity contribution in [3.05, 3.63) is 57.9 Å². The van der Waals surface area contributed by atoms with E-state index in [-0.39, 0.29) is 23.5 Å². The summed E-state index contributed by atoms with van der Waals surface area (Å²) in [5.41, 5.74) is 2.18. The number of benzene rings is 1. The second kappa shape index (κ2) is 5.87. The molecule has 1 aromatic rings. The highest BCUT2D eigenvalue weighted by atomic mass is 19.1. The topological polar surface area (TPSA) is 75.6 Å². The molecule has 0 spiro atoms. The van der Waals surface area contributed by atoms with Gasteiger partial charge in [0.25, 0.3) is 0 Å². The highest BCUT2D eigenvalue weighted by Crippen LogP contribution is 2.42. The molecule has 5 nitrogen and oxygen atoms in total. The molecule has 0 saturated heterocycles. The lowest BCUT2D eigenvalue weighted by Crippen LogP contribution is -2.31. The lowest BCUT2D eigenvalue weighted by atomic mass is 9.78. The minimum absolute atomic E-state index is 0.00928. The summed E-state index contributed by atoms with van der Waals surface area (Å²) in [4.78, 5) is 23.9. The monoisotopic (exact) mass is 317 g/mol. The second-order valence-corrected chi connectivity index (χ2v) is 5.41. The number of allylic oxidation sites excluding steroid dienone is 1. The van der Waals surface area contributed by atoms with Gasteiger partial charge in [-0.2, -0.15) is 0 Å². The number of aliphatic carboxylic acids is 1. The first-order valence-electron chi connectivity index (χ1n) is 7.35. The van der Waals surface area contributed by atoms with Gasteiger partial charge in [0.15, 0.2) is 0 Å². The van der Waals surface area contributed by atoms with Crippen LogP contribution in [0.1, 0.15) is 24.0 Å². The molecule has 120 valence electrons. The van der Waals surface area contributed by atoms with Gasteiger partial charge in [0, 0.05) is 0 Å². The molecular formula is C17H16FNO4. The maximum Gasteiger partial charge on any atom is 0.337 e. The Bertz CT molecular complexity index is 751. The van der Waals surface area contributed by atoms with Gasteiger partial charge in [-0.1, -0.05) is 31.2 Å². The minimum atomic E-state index is -1.24. The van der Waals surface area contributed by atoms with E-state index in [0.717, 1.165) is 5.56 Å². The van der Waals surface area contributed by atoms with Crippen molar-refractivity contribution >= 4 is 11.9 Å². The standard InChI is InChI=1S/C17H16FNO4/c1-2-9-5-3-4-6-10(9)13-14(16(20)21)11(7-18)19-12-8-23-17(22)15(12)13/h3-6,13,19H,2,7-8H2,1H3,(H,20,21). The number of carbonyl (C=O) groups is 2. The Kier molecular flexibility index (Phi) is 3.90. The smallest absolute Gasteiger partial charge is 0.337 e. The van der Waals surface area contributed by atoms with Crippen molar-refractivity contribution in [1.29, 1.82) is 0 Å². The molecule has 0 aliphatic carbocycles. The summed E-state index contributed by atoms with van der Waals surface area (Å²) in [7, 11) is 0. The van der Waals surface area contributed by atoms with Crippen molar-refractivity contribution in [3.63, 3.8) is 0 Å². The first kappa shape index (κ1) is 15.3. The third-order valence-corrected chi connectivity index (χ3v) is 4.21. The van der Waals surface area contributed by atoms with Gasteiger partial charge in [-0.15, -0.1) is 0 Å². The number of hydrogen-bond donors (Lipinski definition) is 2. The van der Waals surface area contributed by atoms with Crippen LogP contribution in [0, 0.1) is 0 Å². The number of cyclic esters (lactones) is 1. The summed E-state index contributed by atoms with van der Waals surface area (Å²) in [6, 6.07) is 7.30. The molecule has 23 heavy (non-hydrogen) atoms. The number of esters is 1. The second-order valence-electron chi connectivity index (χ2n) is 5.41. The molecule has 2 aliphatic rings. The van der Waals surface area contributed by atoms with Crippen LogP contribution in [0.3, 0.4) is 0 Å². The molecule has 2 heterocycles. The van der Waals surface area contributed by atoms with E-state index in [1.165, 1.54) is 0 Å². The minimum Gasteiger partial charge on any atom is -0.478 e. The Balaban J connectivity index is 2.25. The van der Waals surface area contributed by atoms with Crippen LogP contribution in [0.2, 0.25) is 0 Å². The van der Waals surface area contributed by atoms with Crippen LogP contribution < -0.4 is 5.32 Å². The zero-order chi connectivity index (χ0) is 16.6. The Hall–Kier alpha value is -2.63. The summed E-state index contributed by atoms with van der Waals surface area (Å²) in [6.07, 6.45) is 0.676. The quantitative estimate of drug-likeness (QED) is 0.831. The van der Waals surface area contributed by atoms with Crippen molar-refractivity contribution in [1.82, 2.24) is 5.32 Å². The molecule has 0 radical (unpaired) electrons. The Morgan fingerprint density at radius 2 is 2.17 bits per heavy atom. The first-order valence-corrected chi connectivity index (χ1v) is 7.35. The van der Waals surface area contributed by atoms with Gasteiger partial charge >= 0.3 is 11.9 Å². The summed E-state index contributed by atoms with van der Waals surface area (Å²) in [5.74, 6) is -2.62. The van der Waals surface area contributed by atoms with Crippen molar-refractivity contribution in [2.45, 2.75) is 19.3 Å². The van der Waals surface area contributed by atoms with Crippen LogP contribution in [0.25, 0.3) is 0 Å². The van der Waals surface area contributed by atoms with Gasteiger partial charge in [-0.25, -0.2) is 14.0 Å². The fraction of sp³-hybridized carbons (Fsp3) is 0.294. The van der Waals surface area contributed by atoms with Gasteiger partial charge in [0.05, 0.1) is 28.5 Å². The van der Waals surface area contributed by atoms with Crippen molar-refractivity contribution in [3.8, 4) is 0 Å². The predicted octanol–water partition coefficient (Wildman–Crippen LogP) is 2.05. The lowest BCUT2D eigenvalue weighted by molar-refractivity contribution is -0.136. The number of carbonyl (C=O) groups excluding carboxylic acids is 1. The van der Waals surface area contributed by atoms with Crippen molar-refractivity contribution in [2.24, 2.45) is 0 Å². The van der Waals surface area contributed by atoms with Crippen LogP contribution in [0.4, 0.5) is 4.39 Å². The van der Waals surface area contributed by atoms with E-state index < -0.39 is 24.5 Å². The van der Waals surface area contributed by atoms with Crippen molar-refractivity contribution in [2.75, 3.05) is 13.3 Å². The van der Waals surface area contributed by atoms with Crippen LogP contribution in [0.5, 0.6) is 0 Å². The van der Waals surface area contributed by atoms with Crippen molar-refractivity contribution < 1.29 is 23.8 Å². The van der Waals surface area contributed by atoms with E-state index in [1.54, 1.807) is 12.1 Å². The van der Waals surface area contributed by atoms with Gasteiger partial charge in [0.1, 0.15) is 13.3 Å². The number of rotatable bonds is 4. The maximum absolute atomic E-state index is 13.4. The zero-order valence-corrected chi connectivity index (χ0v) is 12.6. The number of halogens is 1. The van der Waals surface area contributed by atoms with Crippen LogP contribution in [0.15, 0.2) is 46.8 Å². The van der Waals surface area contributed by atoms with E-state index in [2.05, 4.69) is 5.32 Å². The Morgan fingerprint density at radius 3 is 2.83 bits per heavy atom. The largest absolute Gasteiger partial charge is 0.478 e. The van der Waals surface area contributed by atoms with Crippen LogP contribution in [-0.4, -0.2) is 30.3 Å². The zero-order valence-electron chi connectivity index (χ0n) is 12.6. The molecule has 0 fully saturated rings. The fourth-order valence-electron chi connectivity index (χ4n) is 3.19. The number of carboxylic acids is 1. The number of ether oxygens (including phenoxy) is 1. The highest BCUT2D eigenvalue weighted by molar-refractivity contribution is 6.00. The molecule has 6 heteroatoms. The predicted molar refractivity (Wildman–Crippen MR) is 80.3 cm³/mol. The average Bonchev–Trinajstić information content (AvgIpc) is 2.93. The Labute approximate surface area is 132 Å². The molecule has 1 atom stereocenters. The fourth-order valence-corrected chi connectivity index (χ4v) is 3.19. The third-order valence-electron chi connectivity index (χ3n) is 4.21. The molecule has 2 aliphatic heterocycles. The normalized spacial score (nSPS) is 20.3. The molecule has 0 aromatic heterocycles. The summed E-state index contributed by atoms with van der Waals surface area (Å²) in [6.45, 7) is 1.01. The van der Waals surface area contributed by atoms with E-state index >= 15 is 0 Å². The SMILES string of the molecule is CCc1ccccc1C1C(C(=O)O)=C(CF)NC2=C1C(=O)OC2. The Morgan fingerprint density at radius 1 is 1.43 bits per heavy atom. The molecular weight excluding hydrogens is 301 g/mol. The number of nitrogens with one attached hydrogen (secondary N) is 1. The molecule has 3 rings (SSSR count). The molecule has 1 unspecified atom stereocenters. The third kappa shape index (κ3) is 2.40.